The van der Waals surface area contributed by atoms with Crippen molar-refractivity contribution in [3.63, 3.8) is 0 Å². The van der Waals surface area contributed by atoms with Gasteiger partial charge in [-0.2, -0.15) is 0 Å². The van der Waals surface area contributed by atoms with E-state index in [1.165, 1.54) is 24.3 Å². The molecule has 1 aromatic heterocycles. The third-order valence-corrected chi connectivity index (χ3v) is 5.36. The number of nitrogens with one attached hydrogen (secondary N) is 1. The van der Waals surface area contributed by atoms with Crippen molar-refractivity contribution in [1.82, 2.24) is 4.98 Å². The predicted molar refractivity (Wildman–Crippen MR) is 91.9 cm³/mol. The first-order chi connectivity index (χ1) is 10.8. The molecule has 0 aliphatic heterocycles. The first kappa shape index (κ1) is 15.6. The molecule has 0 saturated carbocycles. The second-order valence-corrected chi connectivity index (χ2v) is 8.42. The van der Waals surface area contributed by atoms with Crippen LogP contribution in [0.2, 0.25) is 0 Å². The fraction of sp³-hybridized carbons (Fsp3) is 0.125. The van der Waals surface area contributed by atoms with E-state index in [-0.39, 0.29) is 10.8 Å². The molecule has 0 unspecified atom stereocenters. The highest BCUT2D eigenvalue weighted by molar-refractivity contribution is 7.90. The van der Waals surface area contributed by atoms with Gasteiger partial charge in [0.2, 0.25) is 0 Å². The molecule has 0 saturated heterocycles. The van der Waals surface area contributed by atoms with Crippen molar-refractivity contribution in [3.8, 4) is 0 Å². The summed E-state index contributed by atoms with van der Waals surface area (Å²) in [5.74, 6) is -0.286. The highest BCUT2D eigenvalue weighted by atomic mass is 32.2. The highest BCUT2D eigenvalue weighted by Crippen LogP contribution is 2.25. The maximum atomic E-state index is 12.2. The van der Waals surface area contributed by atoms with Crippen LogP contribution >= 0.6 is 11.3 Å². The van der Waals surface area contributed by atoms with Gasteiger partial charge in [0, 0.05) is 17.5 Å². The van der Waals surface area contributed by atoms with Crippen LogP contribution in [0.15, 0.2) is 47.4 Å². The molecule has 118 valence electrons. The molecule has 0 radical (unpaired) electrons. The van der Waals surface area contributed by atoms with E-state index in [1.54, 1.807) is 17.4 Å². The second kappa shape index (κ2) is 5.75. The minimum Gasteiger partial charge on any atom is -0.322 e. The smallest absolute Gasteiger partial charge is 0.255 e. The van der Waals surface area contributed by atoms with E-state index < -0.39 is 9.84 Å². The molecule has 2 aromatic carbocycles. The Morgan fingerprint density at radius 1 is 1.13 bits per heavy atom. The molecule has 3 aromatic rings. The molecular weight excluding hydrogens is 332 g/mol. The van der Waals surface area contributed by atoms with E-state index in [9.17, 15) is 13.2 Å². The molecule has 5 nitrogen and oxygen atoms in total. The average Bonchev–Trinajstić information content (AvgIpc) is 2.86. The Balaban J connectivity index is 1.82. The van der Waals surface area contributed by atoms with Gasteiger partial charge in [0.1, 0.15) is 0 Å². The van der Waals surface area contributed by atoms with Crippen LogP contribution in [0.1, 0.15) is 15.4 Å². The van der Waals surface area contributed by atoms with E-state index in [0.29, 0.717) is 11.3 Å². The Labute approximate surface area is 137 Å². The van der Waals surface area contributed by atoms with Crippen molar-refractivity contribution in [2.75, 3.05) is 11.6 Å². The zero-order valence-corrected chi connectivity index (χ0v) is 14.2. The predicted octanol–water partition coefficient (Wildman–Crippen LogP) is 3.26. The van der Waals surface area contributed by atoms with Crippen molar-refractivity contribution in [1.29, 1.82) is 0 Å². The molecule has 1 N–H and O–H groups in total. The Morgan fingerprint density at radius 3 is 2.48 bits per heavy atom. The number of aromatic nitrogens is 1. The van der Waals surface area contributed by atoms with E-state index in [0.717, 1.165) is 21.5 Å². The summed E-state index contributed by atoms with van der Waals surface area (Å²) in [6.07, 6.45) is 1.13. The summed E-state index contributed by atoms with van der Waals surface area (Å²) in [7, 11) is -3.26. The molecule has 0 fully saturated rings. The number of sulfone groups is 1. The minimum absolute atomic E-state index is 0.190. The van der Waals surface area contributed by atoms with Gasteiger partial charge in [-0.3, -0.25) is 4.79 Å². The number of rotatable bonds is 3. The quantitative estimate of drug-likeness (QED) is 0.790. The van der Waals surface area contributed by atoms with Crippen LogP contribution in [0, 0.1) is 6.92 Å². The van der Waals surface area contributed by atoms with Gasteiger partial charge in [-0.25, -0.2) is 13.4 Å². The van der Waals surface area contributed by atoms with Gasteiger partial charge in [-0.15, -0.1) is 11.3 Å². The van der Waals surface area contributed by atoms with Crippen molar-refractivity contribution >= 4 is 43.0 Å². The SMILES string of the molecule is Cc1nc2ccc(NC(=O)c3ccc(S(C)(=O)=O)cc3)cc2s1. The van der Waals surface area contributed by atoms with Crippen molar-refractivity contribution in [3.05, 3.63) is 53.0 Å². The third kappa shape index (κ3) is 3.40. The number of amides is 1. The van der Waals surface area contributed by atoms with Gasteiger partial charge in [0.25, 0.3) is 5.91 Å². The van der Waals surface area contributed by atoms with Crippen molar-refractivity contribution in [2.24, 2.45) is 0 Å². The van der Waals surface area contributed by atoms with Crippen LogP contribution in [-0.4, -0.2) is 25.6 Å². The molecule has 3 rings (SSSR count). The molecular formula is C16H14N2O3S2. The van der Waals surface area contributed by atoms with Crippen LogP contribution in [0.5, 0.6) is 0 Å². The van der Waals surface area contributed by atoms with E-state index in [1.807, 2.05) is 19.1 Å². The summed E-state index contributed by atoms with van der Waals surface area (Å²) in [4.78, 5) is 16.8. The molecule has 1 heterocycles. The minimum atomic E-state index is -3.26. The summed E-state index contributed by atoms with van der Waals surface area (Å²) < 4.78 is 23.9. The average molecular weight is 346 g/mol. The number of hydrogen-bond acceptors (Lipinski definition) is 5. The molecule has 0 spiro atoms. The molecule has 0 bridgehead atoms. The summed E-state index contributed by atoms with van der Waals surface area (Å²) in [6, 6.07) is 11.4. The van der Waals surface area contributed by atoms with Crippen LogP contribution in [0.4, 0.5) is 5.69 Å². The zero-order chi connectivity index (χ0) is 16.6. The first-order valence-corrected chi connectivity index (χ1v) is 9.52. The Hall–Kier alpha value is -2.25. The largest absolute Gasteiger partial charge is 0.322 e. The summed E-state index contributed by atoms with van der Waals surface area (Å²) >= 11 is 1.56. The molecule has 23 heavy (non-hydrogen) atoms. The third-order valence-electron chi connectivity index (χ3n) is 3.30. The highest BCUT2D eigenvalue weighted by Gasteiger charge is 2.11. The first-order valence-electron chi connectivity index (χ1n) is 6.81. The van der Waals surface area contributed by atoms with E-state index in [4.69, 9.17) is 0 Å². The maximum Gasteiger partial charge on any atom is 0.255 e. The Bertz CT molecular complexity index is 990. The number of thiazole rings is 1. The molecule has 7 heteroatoms. The lowest BCUT2D eigenvalue weighted by Crippen LogP contribution is -2.12. The number of hydrogen-bond donors (Lipinski definition) is 1. The number of carbonyl (C=O) groups is 1. The maximum absolute atomic E-state index is 12.2. The normalized spacial score (nSPS) is 11.6. The molecule has 1 amide bonds. The van der Waals surface area contributed by atoms with Gasteiger partial charge >= 0.3 is 0 Å². The Kier molecular flexibility index (Phi) is 3.91. The fourth-order valence-electron chi connectivity index (χ4n) is 2.17. The van der Waals surface area contributed by atoms with Gasteiger partial charge < -0.3 is 5.32 Å². The number of aryl methyl sites for hydroxylation is 1. The zero-order valence-electron chi connectivity index (χ0n) is 12.5. The standard InChI is InChI=1S/C16H14N2O3S2/c1-10-17-14-8-5-12(9-15(14)22-10)18-16(19)11-3-6-13(7-4-11)23(2,20)21/h3-9H,1-2H3,(H,18,19). The summed E-state index contributed by atoms with van der Waals surface area (Å²) in [5.41, 5.74) is 1.99. The summed E-state index contributed by atoms with van der Waals surface area (Å²) in [6.45, 7) is 1.94. The topological polar surface area (TPSA) is 76.1 Å². The van der Waals surface area contributed by atoms with Gasteiger partial charge in [0.05, 0.1) is 20.1 Å². The number of benzene rings is 2. The number of nitrogens with zero attached hydrogens (tertiary/aromatic N) is 1. The number of carbonyl (C=O) groups excluding carboxylic acids is 1. The Morgan fingerprint density at radius 2 is 1.83 bits per heavy atom. The number of anilines is 1. The van der Waals surface area contributed by atoms with Gasteiger partial charge in [0.15, 0.2) is 9.84 Å². The molecule has 0 aliphatic carbocycles. The lowest BCUT2D eigenvalue weighted by Gasteiger charge is -2.06. The van der Waals surface area contributed by atoms with Crippen LogP contribution in [0.25, 0.3) is 10.2 Å². The molecule has 0 aliphatic rings. The van der Waals surface area contributed by atoms with E-state index >= 15 is 0 Å². The van der Waals surface area contributed by atoms with Crippen LogP contribution < -0.4 is 5.32 Å². The monoisotopic (exact) mass is 346 g/mol. The lowest BCUT2D eigenvalue weighted by molar-refractivity contribution is 0.102. The van der Waals surface area contributed by atoms with E-state index in [2.05, 4.69) is 10.3 Å². The van der Waals surface area contributed by atoms with Gasteiger partial charge in [-0.05, 0) is 49.4 Å². The van der Waals surface area contributed by atoms with Crippen LogP contribution in [-0.2, 0) is 9.84 Å². The van der Waals surface area contributed by atoms with Crippen molar-refractivity contribution in [2.45, 2.75) is 11.8 Å². The number of fused-ring (bicyclic) bond motifs is 1. The second-order valence-electron chi connectivity index (χ2n) is 5.17. The van der Waals surface area contributed by atoms with Gasteiger partial charge in [-0.1, -0.05) is 0 Å². The fourth-order valence-corrected chi connectivity index (χ4v) is 3.67. The van der Waals surface area contributed by atoms with Crippen molar-refractivity contribution < 1.29 is 13.2 Å². The summed E-state index contributed by atoms with van der Waals surface area (Å²) in [5, 5.41) is 3.78. The molecule has 0 atom stereocenters. The lowest BCUT2D eigenvalue weighted by atomic mass is 10.2. The van der Waals surface area contributed by atoms with Crippen LogP contribution in [0.3, 0.4) is 0 Å².